The van der Waals surface area contributed by atoms with Gasteiger partial charge in [-0.25, -0.2) is 4.79 Å². The Balaban J connectivity index is 1.84. The Labute approximate surface area is 192 Å². The number of ether oxygens (including phenoxy) is 1. The quantitative estimate of drug-likeness (QED) is 0.447. The zero-order valence-corrected chi connectivity index (χ0v) is 19.2. The lowest BCUT2D eigenvalue weighted by Gasteiger charge is -2.33. The molecule has 1 fully saturated rings. The molecule has 1 aliphatic rings. The minimum Gasteiger partial charge on any atom is -0.386 e. The first-order valence-corrected chi connectivity index (χ1v) is 11.0. The van der Waals surface area contributed by atoms with Crippen LogP contribution in [0.15, 0.2) is 64.3 Å². The summed E-state index contributed by atoms with van der Waals surface area (Å²) < 4.78 is 7.74. The van der Waals surface area contributed by atoms with Gasteiger partial charge in [0.15, 0.2) is 0 Å². The predicted octanol–water partition coefficient (Wildman–Crippen LogP) is 2.67. The molecule has 4 atom stereocenters. The third-order valence-corrected chi connectivity index (χ3v) is 6.67. The maximum absolute atomic E-state index is 12.5. The van der Waals surface area contributed by atoms with Crippen LogP contribution in [0.25, 0.3) is 0 Å². The van der Waals surface area contributed by atoms with Crippen LogP contribution in [-0.4, -0.2) is 25.9 Å². The number of hydrogen-bond donors (Lipinski definition) is 3. The highest BCUT2D eigenvalue weighted by Crippen LogP contribution is 2.48. The van der Waals surface area contributed by atoms with Gasteiger partial charge in [0.1, 0.15) is 24.0 Å². The van der Waals surface area contributed by atoms with Gasteiger partial charge < -0.3 is 14.9 Å². The molecule has 162 valence electrons. The van der Waals surface area contributed by atoms with Gasteiger partial charge in [-0.3, -0.25) is 14.3 Å². The molecule has 2 aromatic carbocycles. The molecule has 0 saturated carbocycles. The first kappa shape index (κ1) is 21.9. The smallest absolute Gasteiger partial charge is 0.330 e. The van der Waals surface area contributed by atoms with Gasteiger partial charge in [0, 0.05) is 12.6 Å². The number of halogens is 1. The number of H-pyrrole nitrogens is 1. The fourth-order valence-corrected chi connectivity index (χ4v) is 4.72. The van der Waals surface area contributed by atoms with Gasteiger partial charge in [-0.05, 0) is 58.7 Å². The predicted molar refractivity (Wildman–Crippen MR) is 124 cm³/mol. The molecule has 1 aromatic heterocycles. The number of aryl methyl sites for hydroxylation is 2. The van der Waals surface area contributed by atoms with Gasteiger partial charge in [0.05, 0.1) is 3.57 Å². The number of hydrogen-bond acceptors (Lipinski definition) is 5. The number of aliphatic hydroxyl groups excluding tert-OH is 1. The van der Waals surface area contributed by atoms with Crippen LogP contribution < -0.4 is 11.2 Å². The van der Waals surface area contributed by atoms with Crippen LogP contribution in [0, 0.1) is 17.4 Å². The maximum Gasteiger partial charge on any atom is 0.330 e. The van der Waals surface area contributed by atoms with Gasteiger partial charge in [-0.2, -0.15) is 0 Å². The van der Waals surface area contributed by atoms with Gasteiger partial charge in [-0.1, -0.05) is 48.5 Å². The molecule has 0 bridgehead atoms. The fourth-order valence-electron chi connectivity index (χ4n) is 4.29. The summed E-state index contributed by atoms with van der Waals surface area (Å²) >= 11 is 1.84. The standard InChI is InChI=1S/C23H23IN2O5/c1-13-7-3-5-9-15(13)19(27)20-23(30,16-10-6-4-8-14(16)2)11-18(31-20)26-12-17(24)21(28)25-22(26)29/h3-10,12,18-20,27,30H,11H2,1-2H3,(H,25,28,29)/t18-,19?,20-,23-/m1/s1. The Kier molecular flexibility index (Phi) is 5.91. The molecular weight excluding hydrogens is 511 g/mol. The molecule has 31 heavy (non-hydrogen) atoms. The third-order valence-electron chi connectivity index (χ3n) is 5.90. The van der Waals surface area contributed by atoms with E-state index in [1.54, 1.807) is 12.1 Å². The molecule has 1 unspecified atom stereocenters. The fraction of sp³-hybridized carbons (Fsp3) is 0.304. The minimum absolute atomic E-state index is 0.0352. The summed E-state index contributed by atoms with van der Waals surface area (Å²) in [5.74, 6) is 0. The molecule has 2 heterocycles. The van der Waals surface area contributed by atoms with Crippen LogP contribution in [0.5, 0.6) is 0 Å². The van der Waals surface area contributed by atoms with E-state index in [-0.39, 0.29) is 6.42 Å². The number of benzene rings is 2. The van der Waals surface area contributed by atoms with Crippen LogP contribution in [-0.2, 0) is 10.3 Å². The van der Waals surface area contributed by atoms with Crippen LogP contribution in [0.3, 0.4) is 0 Å². The molecule has 1 aliphatic heterocycles. The second kappa shape index (κ2) is 8.34. The summed E-state index contributed by atoms with van der Waals surface area (Å²) in [4.78, 5) is 26.5. The zero-order chi connectivity index (χ0) is 22.3. The van der Waals surface area contributed by atoms with Crippen LogP contribution in [0.4, 0.5) is 0 Å². The molecule has 0 aliphatic carbocycles. The molecule has 3 N–H and O–H groups in total. The van der Waals surface area contributed by atoms with Gasteiger partial charge in [0.25, 0.3) is 5.56 Å². The molecule has 8 heteroatoms. The van der Waals surface area contributed by atoms with E-state index >= 15 is 0 Å². The van der Waals surface area contributed by atoms with Crippen LogP contribution in [0.1, 0.15) is 41.0 Å². The number of aliphatic hydroxyl groups is 2. The van der Waals surface area contributed by atoms with E-state index in [2.05, 4.69) is 4.98 Å². The Morgan fingerprint density at radius 1 is 1.13 bits per heavy atom. The topological polar surface area (TPSA) is 105 Å². The molecule has 7 nitrogen and oxygen atoms in total. The van der Waals surface area contributed by atoms with Crippen molar-refractivity contribution in [2.75, 3.05) is 0 Å². The van der Waals surface area contributed by atoms with E-state index in [1.165, 1.54) is 10.8 Å². The normalized spacial score (nSPS) is 24.3. The number of rotatable bonds is 4. The van der Waals surface area contributed by atoms with Crippen LogP contribution >= 0.6 is 22.6 Å². The molecule has 3 aromatic rings. The van der Waals surface area contributed by atoms with Crippen molar-refractivity contribution in [2.45, 2.75) is 44.3 Å². The van der Waals surface area contributed by atoms with Crippen molar-refractivity contribution >= 4 is 22.6 Å². The lowest BCUT2D eigenvalue weighted by Crippen LogP contribution is -2.40. The Morgan fingerprint density at radius 3 is 2.45 bits per heavy atom. The van der Waals surface area contributed by atoms with Crippen molar-refractivity contribution in [3.8, 4) is 0 Å². The summed E-state index contributed by atoms with van der Waals surface area (Å²) in [6.45, 7) is 3.76. The van der Waals surface area contributed by atoms with E-state index < -0.39 is 35.3 Å². The second-order valence-corrected chi connectivity index (χ2v) is 9.06. The molecule has 1 saturated heterocycles. The first-order chi connectivity index (χ1) is 14.7. The van der Waals surface area contributed by atoms with Crippen molar-refractivity contribution < 1.29 is 14.9 Å². The summed E-state index contributed by atoms with van der Waals surface area (Å²) in [6, 6.07) is 14.7. The average Bonchev–Trinajstić information content (AvgIpc) is 3.09. The second-order valence-electron chi connectivity index (χ2n) is 7.90. The van der Waals surface area contributed by atoms with Gasteiger partial charge in [-0.15, -0.1) is 0 Å². The summed E-state index contributed by atoms with van der Waals surface area (Å²) in [6.07, 6.45) is -1.59. The highest BCUT2D eigenvalue weighted by Gasteiger charge is 2.53. The highest BCUT2D eigenvalue weighted by molar-refractivity contribution is 14.1. The number of nitrogens with one attached hydrogen (secondary N) is 1. The van der Waals surface area contributed by atoms with Crippen molar-refractivity contribution in [1.29, 1.82) is 0 Å². The van der Waals surface area contributed by atoms with E-state index in [0.29, 0.717) is 14.7 Å². The van der Waals surface area contributed by atoms with Crippen LogP contribution in [0.2, 0.25) is 0 Å². The molecule has 0 spiro atoms. The monoisotopic (exact) mass is 534 g/mol. The number of nitrogens with zero attached hydrogens (tertiary/aromatic N) is 1. The van der Waals surface area contributed by atoms with E-state index in [1.807, 2.05) is 72.8 Å². The Bertz CT molecular complexity index is 1240. The minimum atomic E-state index is -1.56. The lowest BCUT2D eigenvalue weighted by atomic mass is 9.80. The molecule has 0 amide bonds. The molecular formula is C23H23IN2O5. The van der Waals surface area contributed by atoms with Crippen molar-refractivity contribution in [2.24, 2.45) is 0 Å². The van der Waals surface area contributed by atoms with Gasteiger partial charge >= 0.3 is 5.69 Å². The Hall–Kier alpha value is -2.27. The molecule has 4 rings (SSSR count). The number of aromatic nitrogens is 2. The summed E-state index contributed by atoms with van der Waals surface area (Å²) in [5.41, 5.74) is 0.313. The maximum atomic E-state index is 12.5. The van der Waals surface area contributed by atoms with Gasteiger partial charge in [0.2, 0.25) is 0 Å². The zero-order valence-electron chi connectivity index (χ0n) is 17.1. The SMILES string of the molecule is Cc1ccccc1C(O)[C@H]1O[C@@H](n2cc(I)c(=O)[nH]c2=O)C[C@@]1(O)c1ccccc1C. The average molecular weight is 534 g/mol. The summed E-state index contributed by atoms with van der Waals surface area (Å²) in [7, 11) is 0. The number of aromatic amines is 1. The van der Waals surface area contributed by atoms with Crippen molar-refractivity contribution in [3.63, 3.8) is 0 Å². The lowest BCUT2D eigenvalue weighted by molar-refractivity contribution is -0.122. The van der Waals surface area contributed by atoms with Crippen molar-refractivity contribution in [1.82, 2.24) is 9.55 Å². The van der Waals surface area contributed by atoms with E-state index in [9.17, 15) is 19.8 Å². The molecule has 0 radical (unpaired) electrons. The largest absolute Gasteiger partial charge is 0.386 e. The Morgan fingerprint density at radius 2 is 1.77 bits per heavy atom. The first-order valence-electron chi connectivity index (χ1n) is 9.91. The third kappa shape index (κ3) is 3.89. The summed E-state index contributed by atoms with van der Waals surface area (Å²) in [5, 5.41) is 23.2. The van der Waals surface area contributed by atoms with Crippen molar-refractivity contribution in [3.05, 3.63) is 101 Å². The highest BCUT2D eigenvalue weighted by atomic mass is 127. The van der Waals surface area contributed by atoms with E-state index in [0.717, 1.165) is 11.1 Å². The van der Waals surface area contributed by atoms with E-state index in [4.69, 9.17) is 4.74 Å².